The summed E-state index contributed by atoms with van der Waals surface area (Å²) in [5.74, 6) is 0.0743. The molecule has 0 aliphatic rings. The van der Waals surface area contributed by atoms with Gasteiger partial charge in [0.05, 0.1) is 11.6 Å². The van der Waals surface area contributed by atoms with Crippen LogP contribution in [0.2, 0.25) is 0 Å². The first kappa shape index (κ1) is 9.41. The molecule has 0 bridgehead atoms. The molecule has 4 heteroatoms. The lowest BCUT2D eigenvalue weighted by Crippen LogP contribution is -1.96. The quantitative estimate of drug-likeness (QED) is 0.770. The first-order valence-electron chi connectivity index (χ1n) is 4.43. The van der Waals surface area contributed by atoms with E-state index < -0.39 is 5.82 Å². The van der Waals surface area contributed by atoms with Gasteiger partial charge in [-0.05, 0) is 12.1 Å². The second-order valence-electron chi connectivity index (χ2n) is 3.05. The molecule has 2 aromatic rings. The van der Waals surface area contributed by atoms with Crippen LogP contribution in [0.25, 0.3) is 10.9 Å². The number of nitriles is 1. The molecule has 0 unspecified atom stereocenters. The molecular weight excluding hydrogens is 193 g/mol. The zero-order valence-electron chi connectivity index (χ0n) is 8.08. The molecule has 1 aromatic heterocycles. The van der Waals surface area contributed by atoms with Gasteiger partial charge in [0.1, 0.15) is 17.2 Å². The molecule has 2 rings (SSSR count). The van der Waals surface area contributed by atoms with Crippen molar-refractivity contribution in [1.82, 2.24) is 4.98 Å². The van der Waals surface area contributed by atoms with E-state index in [1.54, 1.807) is 25.2 Å². The van der Waals surface area contributed by atoms with Gasteiger partial charge < -0.3 is 5.32 Å². The van der Waals surface area contributed by atoms with Crippen LogP contribution >= 0.6 is 0 Å². The monoisotopic (exact) mass is 201 g/mol. The Morgan fingerprint density at radius 1 is 1.47 bits per heavy atom. The van der Waals surface area contributed by atoms with Gasteiger partial charge in [-0.1, -0.05) is 12.1 Å². The summed E-state index contributed by atoms with van der Waals surface area (Å²) in [6.45, 7) is 0. The van der Waals surface area contributed by atoms with E-state index in [9.17, 15) is 4.39 Å². The topological polar surface area (TPSA) is 48.7 Å². The SMILES string of the molecule is CNc1cc(C#N)c2cccc(F)c2n1. The molecule has 3 nitrogen and oxygen atoms in total. The number of para-hydroxylation sites is 1. The lowest BCUT2D eigenvalue weighted by Gasteiger charge is -2.04. The molecule has 1 N–H and O–H groups in total. The molecule has 0 radical (unpaired) electrons. The highest BCUT2D eigenvalue weighted by Gasteiger charge is 2.07. The van der Waals surface area contributed by atoms with Gasteiger partial charge in [-0.3, -0.25) is 0 Å². The van der Waals surface area contributed by atoms with E-state index in [1.807, 2.05) is 6.07 Å². The van der Waals surface area contributed by atoms with Gasteiger partial charge in [0.2, 0.25) is 0 Å². The zero-order chi connectivity index (χ0) is 10.8. The van der Waals surface area contributed by atoms with Crippen molar-refractivity contribution in [3.05, 3.63) is 35.6 Å². The Morgan fingerprint density at radius 2 is 2.27 bits per heavy atom. The van der Waals surface area contributed by atoms with Crippen LogP contribution in [0.15, 0.2) is 24.3 Å². The predicted octanol–water partition coefficient (Wildman–Crippen LogP) is 2.29. The molecule has 0 spiro atoms. The number of fused-ring (bicyclic) bond motifs is 1. The van der Waals surface area contributed by atoms with Gasteiger partial charge in [-0.15, -0.1) is 0 Å². The number of pyridine rings is 1. The maximum absolute atomic E-state index is 13.4. The van der Waals surface area contributed by atoms with Crippen molar-refractivity contribution in [2.24, 2.45) is 0 Å². The Kier molecular flexibility index (Phi) is 2.22. The van der Waals surface area contributed by atoms with Crippen LogP contribution < -0.4 is 5.32 Å². The third-order valence-electron chi connectivity index (χ3n) is 2.17. The minimum atomic E-state index is -0.416. The normalized spacial score (nSPS) is 9.93. The van der Waals surface area contributed by atoms with E-state index in [2.05, 4.69) is 10.3 Å². The summed E-state index contributed by atoms with van der Waals surface area (Å²) in [5.41, 5.74) is 0.643. The van der Waals surface area contributed by atoms with Crippen LogP contribution in [0.1, 0.15) is 5.56 Å². The van der Waals surface area contributed by atoms with Crippen LogP contribution in [0.4, 0.5) is 10.2 Å². The second-order valence-corrected chi connectivity index (χ2v) is 3.05. The Morgan fingerprint density at radius 3 is 2.93 bits per heavy atom. The number of anilines is 1. The standard InChI is InChI=1S/C11H8FN3/c1-14-10-5-7(6-13)8-3-2-4-9(12)11(8)15-10/h2-5H,1H3,(H,14,15). The molecule has 0 saturated heterocycles. The summed E-state index contributed by atoms with van der Waals surface area (Å²) in [7, 11) is 1.68. The summed E-state index contributed by atoms with van der Waals surface area (Å²) in [6, 6.07) is 8.21. The molecule has 0 saturated carbocycles. The summed E-state index contributed by atoms with van der Waals surface area (Å²) >= 11 is 0. The number of aromatic nitrogens is 1. The number of nitrogens with one attached hydrogen (secondary N) is 1. The molecule has 0 fully saturated rings. The van der Waals surface area contributed by atoms with Crippen LogP contribution in [-0.4, -0.2) is 12.0 Å². The summed E-state index contributed by atoms with van der Waals surface area (Å²) in [4.78, 5) is 4.06. The van der Waals surface area contributed by atoms with Crippen molar-refractivity contribution in [2.75, 3.05) is 12.4 Å². The number of nitrogens with zero attached hydrogens (tertiary/aromatic N) is 2. The van der Waals surface area contributed by atoms with Gasteiger partial charge in [0.25, 0.3) is 0 Å². The minimum Gasteiger partial charge on any atom is -0.373 e. The summed E-state index contributed by atoms with van der Waals surface area (Å²) < 4.78 is 13.4. The number of hydrogen-bond donors (Lipinski definition) is 1. The Bertz CT molecular complexity index is 557. The fourth-order valence-corrected chi connectivity index (χ4v) is 1.43. The Hall–Kier alpha value is -2.15. The van der Waals surface area contributed by atoms with E-state index >= 15 is 0 Å². The highest BCUT2D eigenvalue weighted by Crippen LogP contribution is 2.22. The van der Waals surface area contributed by atoms with Crippen molar-refractivity contribution in [3.63, 3.8) is 0 Å². The zero-order valence-corrected chi connectivity index (χ0v) is 8.08. The van der Waals surface area contributed by atoms with E-state index in [-0.39, 0.29) is 5.52 Å². The fraction of sp³-hybridized carbons (Fsp3) is 0.0909. The van der Waals surface area contributed by atoms with Crippen molar-refractivity contribution in [3.8, 4) is 6.07 Å². The molecule has 1 heterocycles. The van der Waals surface area contributed by atoms with Gasteiger partial charge in [0, 0.05) is 12.4 Å². The van der Waals surface area contributed by atoms with Crippen molar-refractivity contribution in [1.29, 1.82) is 5.26 Å². The molecule has 0 aliphatic heterocycles. The van der Waals surface area contributed by atoms with Crippen molar-refractivity contribution >= 4 is 16.7 Å². The van der Waals surface area contributed by atoms with Crippen LogP contribution in [0, 0.1) is 17.1 Å². The molecule has 0 amide bonds. The summed E-state index contributed by atoms with van der Waals surface area (Å²) in [6.07, 6.45) is 0. The maximum atomic E-state index is 13.4. The fourth-order valence-electron chi connectivity index (χ4n) is 1.43. The van der Waals surface area contributed by atoms with Gasteiger partial charge in [-0.2, -0.15) is 5.26 Å². The third-order valence-corrected chi connectivity index (χ3v) is 2.17. The van der Waals surface area contributed by atoms with E-state index in [4.69, 9.17) is 5.26 Å². The molecule has 1 aromatic carbocycles. The van der Waals surface area contributed by atoms with E-state index in [1.165, 1.54) is 6.07 Å². The lowest BCUT2D eigenvalue weighted by atomic mass is 10.1. The molecule has 15 heavy (non-hydrogen) atoms. The van der Waals surface area contributed by atoms with Crippen molar-refractivity contribution in [2.45, 2.75) is 0 Å². The van der Waals surface area contributed by atoms with Gasteiger partial charge >= 0.3 is 0 Å². The van der Waals surface area contributed by atoms with Crippen LogP contribution in [-0.2, 0) is 0 Å². The first-order chi connectivity index (χ1) is 7.26. The minimum absolute atomic E-state index is 0.223. The lowest BCUT2D eigenvalue weighted by molar-refractivity contribution is 0.637. The molecule has 0 aliphatic carbocycles. The first-order valence-corrected chi connectivity index (χ1v) is 4.43. The smallest absolute Gasteiger partial charge is 0.149 e. The molecule has 0 atom stereocenters. The second kappa shape index (κ2) is 3.54. The third kappa shape index (κ3) is 1.48. The highest BCUT2D eigenvalue weighted by molar-refractivity contribution is 5.86. The van der Waals surface area contributed by atoms with Crippen molar-refractivity contribution < 1.29 is 4.39 Å². The van der Waals surface area contributed by atoms with Crippen LogP contribution in [0.3, 0.4) is 0 Å². The Balaban J connectivity index is 2.88. The number of rotatable bonds is 1. The number of benzene rings is 1. The average molecular weight is 201 g/mol. The molecule has 74 valence electrons. The molecular formula is C11H8FN3. The number of halogens is 1. The highest BCUT2D eigenvalue weighted by atomic mass is 19.1. The van der Waals surface area contributed by atoms with Gasteiger partial charge in [0.15, 0.2) is 0 Å². The average Bonchev–Trinajstić information content (AvgIpc) is 2.28. The summed E-state index contributed by atoms with van der Waals surface area (Å²) in [5, 5.41) is 12.2. The largest absolute Gasteiger partial charge is 0.373 e. The van der Waals surface area contributed by atoms with E-state index in [0.717, 1.165) is 0 Å². The van der Waals surface area contributed by atoms with Crippen LogP contribution in [0.5, 0.6) is 0 Å². The Labute approximate surface area is 86.2 Å². The van der Waals surface area contributed by atoms with E-state index in [0.29, 0.717) is 16.8 Å². The predicted molar refractivity (Wildman–Crippen MR) is 56.0 cm³/mol. The number of hydrogen-bond acceptors (Lipinski definition) is 3. The maximum Gasteiger partial charge on any atom is 0.149 e. The van der Waals surface area contributed by atoms with Gasteiger partial charge in [-0.25, -0.2) is 9.37 Å².